The maximum absolute atomic E-state index is 11.9. The Morgan fingerprint density at radius 1 is 1.29 bits per heavy atom. The standard InChI is InChI=1S/C21H31NO2/c1-2-3-16-24-20-11-7-10-19(17-20)14-15-22-21(23)13-12-18-8-5-4-6-9-18/h7,10-13,17-18H,2-6,8-9,14-16H2,1H3,(H,22,23)/b13-12+. The zero-order valence-corrected chi connectivity index (χ0v) is 14.9. The molecule has 0 bridgehead atoms. The molecular formula is C21H31NO2. The second-order valence-corrected chi connectivity index (χ2v) is 6.65. The highest BCUT2D eigenvalue weighted by Gasteiger charge is 2.10. The van der Waals surface area contributed by atoms with Crippen molar-refractivity contribution in [1.29, 1.82) is 0 Å². The molecule has 132 valence electrons. The van der Waals surface area contributed by atoms with Gasteiger partial charge in [-0.25, -0.2) is 0 Å². The normalized spacial score (nSPS) is 15.5. The molecule has 0 atom stereocenters. The molecule has 0 unspecified atom stereocenters. The SMILES string of the molecule is CCCCOc1cccc(CCNC(=O)/C=C/C2CCCCC2)c1. The Morgan fingerprint density at radius 3 is 2.92 bits per heavy atom. The number of carbonyl (C=O) groups excluding carboxylic acids is 1. The first kappa shape index (κ1) is 18.6. The molecule has 1 saturated carbocycles. The van der Waals surface area contributed by atoms with Crippen LogP contribution < -0.4 is 10.1 Å². The lowest BCUT2D eigenvalue weighted by Crippen LogP contribution is -2.23. The molecule has 1 aromatic rings. The Morgan fingerprint density at radius 2 is 2.12 bits per heavy atom. The van der Waals surface area contributed by atoms with Gasteiger partial charge in [0.2, 0.25) is 5.91 Å². The molecule has 0 aliphatic heterocycles. The minimum atomic E-state index is 0.0240. The van der Waals surface area contributed by atoms with E-state index in [4.69, 9.17) is 4.74 Å². The molecule has 1 aliphatic rings. The maximum atomic E-state index is 11.9. The Labute approximate surface area is 146 Å². The average Bonchev–Trinajstić information content (AvgIpc) is 2.61. The maximum Gasteiger partial charge on any atom is 0.243 e. The molecule has 0 heterocycles. The predicted molar refractivity (Wildman–Crippen MR) is 99.3 cm³/mol. The lowest BCUT2D eigenvalue weighted by molar-refractivity contribution is -0.116. The Kier molecular flexibility index (Phi) is 8.43. The van der Waals surface area contributed by atoms with Crippen LogP contribution in [0, 0.1) is 5.92 Å². The van der Waals surface area contributed by atoms with Crippen LogP contribution in [-0.4, -0.2) is 19.1 Å². The summed E-state index contributed by atoms with van der Waals surface area (Å²) in [5.74, 6) is 1.54. The molecule has 1 aromatic carbocycles. The fraction of sp³-hybridized carbons (Fsp3) is 0.571. The third-order valence-corrected chi connectivity index (χ3v) is 4.55. The highest BCUT2D eigenvalue weighted by atomic mass is 16.5. The summed E-state index contributed by atoms with van der Waals surface area (Å²) in [6.07, 6.45) is 13.3. The first-order valence-corrected chi connectivity index (χ1v) is 9.45. The highest BCUT2D eigenvalue weighted by molar-refractivity contribution is 5.87. The summed E-state index contributed by atoms with van der Waals surface area (Å²) in [4.78, 5) is 11.9. The van der Waals surface area contributed by atoms with Crippen molar-refractivity contribution in [3.05, 3.63) is 42.0 Å². The molecule has 1 amide bonds. The smallest absolute Gasteiger partial charge is 0.243 e. The number of amides is 1. The van der Waals surface area contributed by atoms with Gasteiger partial charge >= 0.3 is 0 Å². The van der Waals surface area contributed by atoms with Crippen LogP contribution in [0.3, 0.4) is 0 Å². The number of carbonyl (C=O) groups is 1. The van der Waals surface area contributed by atoms with Gasteiger partial charge < -0.3 is 10.1 Å². The molecular weight excluding hydrogens is 298 g/mol. The van der Waals surface area contributed by atoms with E-state index in [1.54, 1.807) is 6.08 Å². The van der Waals surface area contributed by atoms with E-state index in [0.717, 1.165) is 31.6 Å². The summed E-state index contributed by atoms with van der Waals surface area (Å²) in [6.45, 7) is 3.58. The van der Waals surface area contributed by atoms with Crippen molar-refractivity contribution in [2.75, 3.05) is 13.2 Å². The van der Waals surface area contributed by atoms with Crippen molar-refractivity contribution in [3.63, 3.8) is 0 Å². The molecule has 3 nitrogen and oxygen atoms in total. The molecule has 24 heavy (non-hydrogen) atoms. The topological polar surface area (TPSA) is 38.3 Å². The van der Waals surface area contributed by atoms with E-state index in [-0.39, 0.29) is 5.91 Å². The second-order valence-electron chi connectivity index (χ2n) is 6.65. The first-order valence-electron chi connectivity index (χ1n) is 9.45. The van der Waals surface area contributed by atoms with Gasteiger partial charge in [-0.2, -0.15) is 0 Å². The fourth-order valence-electron chi connectivity index (χ4n) is 3.06. The van der Waals surface area contributed by atoms with Crippen molar-refractivity contribution in [1.82, 2.24) is 5.32 Å². The Balaban J connectivity index is 1.68. The number of nitrogens with one attached hydrogen (secondary N) is 1. The van der Waals surface area contributed by atoms with E-state index in [1.165, 1.54) is 37.7 Å². The van der Waals surface area contributed by atoms with Gasteiger partial charge in [0, 0.05) is 6.54 Å². The van der Waals surface area contributed by atoms with E-state index in [2.05, 4.69) is 30.4 Å². The van der Waals surface area contributed by atoms with Gasteiger partial charge in [0.15, 0.2) is 0 Å². The van der Waals surface area contributed by atoms with Gasteiger partial charge in [-0.15, -0.1) is 0 Å². The van der Waals surface area contributed by atoms with Crippen LogP contribution in [-0.2, 0) is 11.2 Å². The first-order chi connectivity index (χ1) is 11.8. The van der Waals surface area contributed by atoms with Crippen LogP contribution in [0.25, 0.3) is 0 Å². The zero-order chi connectivity index (χ0) is 17.0. The van der Waals surface area contributed by atoms with Crippen LogP contribution in [0.1, 0.15) is 57.4 Å². The Hall–Kier alpha value is -1.77. The Bertz CT molecular complexity index is 518. The van der Waals surface area contributed by atoms with Gasteiger partial charge in [-0.1, -0.05) is 50.8 Å². The van der Waals surface area contributed by atoms with Gasteiger partial charge in [0.25, 0.3) is 0 Å². The van der Waals surface area contributed by atoms with Crippen LogP contribution in [0.15, 0.2) is 36.4 Å². The lowest BCUT2D eigenvalue weighted by Gasteiger charge is -2.17. The quantitative estimate of drug-likeness (QED) is 0.528. The van der Waals surface area contributed by atoms with Crippen molar-refractivity contribution < 1.29 is 9.53 Å². The van der Waals surface area contributed by atoms with Crippen molar-refractivity contribution in [2.24, 2.45) is 5.92 Å². The third-order valence-electron chi connectivity index (χ3n) is 4.55. The number of hydrogen-bond acceptors (Lipinski definition) is 2. The van der Waals surface area contributed by atoms with Crippen LogP contribution >= 0.6 is 0 Å². The highest BCUT2D eigenvalue weighted by Crippen LogP contribution is 2.24. The van der Waals surface area contributed by atoms with E-state index in [0.29, 0.717) is 12.5 Å². The summed E-state index contributed by atoms with van der Waals surface area (Å²) >= 11 is 0. The molecule has 3 heteroatoms. The molecule has 1 N–H and O–H groups in total. The molecule has 0 aromatic heterocycles. The number of hydrogen-bond donors (Lipinski definition) is 1. The summed E-state index contributed by atoms with van der Waals surface area (Å²) in [6, 6.07) is 8.16. The number of rotatable bonds is 9. The minimum absolute atomic E-state index is 0.0240. The summed E-state index contributed by atoms with van der Waals surface area (Å²) < 4.78 is 5.72. The second kappa shape index (κ2) is 10.9. The molecule has 1 aliphatic carbocycles. The average molecular weight is 329 g/mol. The van der Waals surface area contributed by atoms with Crippen LogP contribution in [0.4, 0.5) is 0 Å². The molecule has 2 rings (SSSR count). The zero-order valence-electron chi connectivity index (χ0n) is 14.9. The van der Waals surface area contributed by atoms with Crippen molar-refractivity contribution >= 4 is 5.91 Å². The third kappa shape index (κ3) is 7.20. The van der Waals surface area contributed by atoms with Gasteiger partial charge in [0.05, 0.1) is 6.61 Å². The van der Waals surface area contributed by atoms with Crippen molar-refractivity contribution in [2.45, 2.75) is 58.3 Å². The lowest BCUT2D eigenvalue weighted by atomic mass is 9.89. The van der Waals surface area contributed by atoms with E-state index in [1.807, 2.05) is 12.1 Å². The van der Waals surface area contributed by atoms with E-state index >= 15 is 0 Å². The number of allylic oxidation sites excluding steroid dienone is 1. The van der Waals surface area contributed by atoms with Crippen molar-refractivity contribution in [3.8, 4) is 5.75 Å². The fourth-order valence-corrected chi connectivity index (χ4v) is 3.06. The van der Waals surface area contributed by atoms with Crippen LogP contribution in [0.2, 0.25) is 0 Å². The number of ether oxygens (including phenoxy) is 1. The summed E-state index contributed by atoms with van der Waals surface area (Å²) in [5.41, 5.74) is 1.19. The van der Waals surface area contributed by atoms with E-state index < -0.39 is 0 Å². The summed E-state index contributed by atoms with van der Waals surface area (Å²) in [7, 11) is 0. The van der Waals surface area contributed by atoms with Gasteiger partial charge in [0.1, 0.15) is 5.75 Å². The van der Waals surface area contributed by atoms with E-state index in [9.17, 15) is 4.79 Å². The minimum Gasteiger partial charge on any atom is -0.494 e. The van der Waals surface area contributed by atoms with Crippen LogP contribution in [0.5, 0.6) is 5.75 Å². The van der Waals surface area contributed by atoms with Gasteiger partial charge in [-0.05, 0) is 55.4 Å². The summed E-state index contributed by atoms with van der Waals surface area (Å²) in [5, 5.41) is 2.98. The molecule has 0 spiro atoms. The number of unbranched alkanes of at least 4 members (excludes halogenated alkanes) is 1. The molecule has 1 fully saturated rings. The predicted octanol–water partition coefficient (Wildman–Crippen LogP) is 4.66. The number of benzene rings is 1. The molecule has 0 radical (unpaired) electrons. The van der Waals surface area contributed by atoms with Gasteiger partial charge in [-0.3, -0.25) is 4.79 Å². The largest absolute Gasteiger partial charge is 0.494 e. The molecule has 0 saturated heterocycles. The monoisotopic (exact) mass is 329 g/mol.